The Morgan fingerprint density at radius 1 is 1.21 bits per heavy atom. The topological polar surface area (TPSA) is 119 Å². The highest BCUT2D eigenvalue weighted by molar-refractivity contribution is 7.53. The van der Waals surface area contributed by atoms with Crippen LogP contribution in [0.1, 0.15) is 55.5 Å². The number of benzene rings is 1. The van der Waals surface area contributed by atoms with Crippen molar-refractivity contribution < 1.29 is 33.1 Å². The van der Waals surface area contributed by atoms with Crippen LogP contribution in [0.5, 0.6) is 0 Å². The average molecular weight is 425 g/mol. The third-order valence-electron chi connectivity index (χ3n) is 4.79. The Morgan fingerprint density at radius 3 is 2.34 bits per heavy atom. The van der Waals surface area contributed by atoms with Crippen molar-refractivity contribution in [3.63, 3.8) is 0 Å². The Hall–Kier alpha value is -2.02. The fourth-order valence-corrected chi connectivity index (χ4v) is 5.16. The molecular weight excluding hydrogens is 397 g/mol. The van der Waals surface area contributed by atoms with Crippen LogP contribution in [0.4, 0.5) is 0 Å². The number of hydrogen-bond donors (Lipinski definition) is 2. The zero-order valence-corrected chi connectivity index (χ0v) is 17.7. The van der Waals surface area contributed by atoms with E-state index in [4.69, 9.17) is 9.05 Å². The van der Waals surface area contributed by atoms with Gasteiger partial charge in [0.25, 0.3) is 5.91 Å². The van der Waals surface area contributed by atoms with Crippen molar-refractivity contribution in [2.75, 3.05) is 13.2 Å². The van der Waals surface area contributed by atoms with Gasteiger partial charge in [0.2, 0.25) is 0 Å². The van der Waals surface area contributed by atoms with Crippen LogP contribution in [0.25, 0.3) is 0 Å². The maximum Gasteiger partial charge on any atom is 0.335 e. The second kappa shape index (κ2) is 10.7. The fourth-order valence-electron chi connectivity index (χ4n) is 3.46. The molecule has 0 saturated heterocycles. The van der Waals surface area contributed by atoms with Crippen LogP contribution in [0.3, 0.4) is 0 Å². The van der Waals surface area contributed by atoms with Crippen molar-refractivity contribution in [3.05, 3.63) is 35.4 Å². The van der Waals surface area contributed by atoms with Gasteiger partial charge in [-0.05, 0) is 50.3 Å². The normalized spacial score (nSPS) is 18.3. The van der Waals surface area contributed by atoms with Crippen molar-refractivity contribution in [1.29, 1.82) is 0 Å². The summed E-state index contributed by atoms with van der Waals surface area (Å²) in [5, 5.41) is 12.0. The minimum Gasteiger partial charge on any atom is -0.480 e. The second-order valence-electron chi connectivity index (χ2n) is 6.99. The summed E-state index contributed by atoms with van der Waals surface area (Å²) in [6.07, 6.45) is 1.94. The molecule has 1 fully saturated rings. The molecule has 1 aliphatic carbocycles. The van der Waals surface area contributed by atoms with Crippen molar-refractivity contribution in [1.82, 2.24) is 5.32 Å². The van der Waals surface area contributed by atoms with Gasteiger partial charge in [-0.15, -0.1) is 0 Å². The van der Waals surface area contributed by atoms with E-state index in [-0.39, 0.29) is 37.1 Å². The smallest absolute Gasteiger partial charge is 0.335 e. The lowest BCUT2D eigenvalue weighted by molar-refractivity contribution is -0.141. The number of Topliss-reactive ketones (excluding diaryl/α,β-unsaturated/α-hetero) is 1. The second-order valence-corrected chi connectivity index (χ2v) is 9.04. The summed E-state index contributed by atoms with van der Waals surface area (Å²) < 4.78 is 23.1. The molecule has 0 aromatic heterocycles. The first-order valence-corrected chi connectivity index (χ1v) is 11.5. The van der Waals surface area contributed by atoms with E-state index in [0.717, 1.165) is 0 Å². The highest BCUT2D eigenvalue weighted by Gasteiger charge is 2.33. The molecule has 0 bridgehead atoms. The van der Waals surface area contributed by atoms with Crippen LogP contribution < -0.4 is 5.32 Å². The van der Waals surface area contributed by atoms with Crippen LogP contribution in [-0.4, -0.2) is 42.0 Å². The zero-order chi connectivity index (χ0) is 21.4. The first-order valence-electron chi connectivity index (χ1n) is 9.80. The standard InChI is InChI=1S/C20H28NO7P/c1-3-27-29(26,28-4-2)13-14-8-10-15(11-9-14)19(23)21-18(20(24)25)16-6-5-7-17(22)12-16/h8-11,16,18H,3-7,12-13H2,1-2H3,(H,21,23)(H,24,25)/t16-,18-/m0/s1. The van der Waals surface area contributed by atoms with Gasteiger partial charge in [0.15, 0.2) is 0 Å². The number of carboxylic acid groups (broad SMARTS) is 1. The van der Waals surface area contributed by atoms with Gasteiger partial charge >= 0.3 is 13.6 Å². The Balaban J connectivity index is 2.06. The molecule has 0 aliphatic heterocycles. The lowest BCUT2D eigenvalue weighted by atomic mass is 9.83. The molecule has 2 N–H and O–H groups in total. The number of carbonyl (C=O) groups excluding carboxylic acids is 2. The van der Waals surface area contributed by atoms with E-state index in [1.807, 2.05) is 0 Å². The van der Waals surface area contributed by atoms with E-state index in [0.29, 0.717) is 24.8 Å². The number of carboxylic acids is 1. The number of ketones is 1. The lowest BCUT2D eigenvalue weighted by Gasteiger charge is -2.27. The Morgan fingerprint density at radius 2 is 1.83 bits per heavy atom. The van der Waals surface area contributed by atoms with Crippen LogP contribution in [0.2, 0.25) is 0 Å². The number of hydrogen-bond acceptors (Lipinski definition) is 6. The number of rotatable bonds is 10. The molecule has 1 saturated carbocycles. The molecule has 0 spiro atoms. The van der Waals surface area contributed by atoms with Gasteiger partial charge in [-0.3, -0.25) is 14.2 Å². The summed E-state index contributed by atoms with van der Waals surface area (Å²) in [6, 6.07) is 5.25. The summed E-state index contributed by atoms with van der Waals surface area (Å²) >= 11 is 0. The number of carbonyl (C=O) groups is 3. The van der Waals surface area contributed by atoms with Crippen molar-refractivity contribution in [3.8, 4) is 0 Å². The van der Waals surface area contributed by atoms with E-state index >= 15 is 0 Å². The highest BCUT2D eigenvalue weighted by atomic mass is 31.2. The van der Waals surface area contributed by atoms with E-state index in [1.165, 1.54) is 12.1 Å². The van der Waals surface area contributed by atoms with Gasteiger partial charge < -0.3 is 19.5 Å². The zero-order valence-electron chi connectivity index (χ0n) is 16.8. The Labute approximate surface area is 170 Å². The molecule has 1 aliphatic rings. The highest BCUT2D eigenvalue weighted by Crippen LogP contribution is 2.51. The van der Waals surface area contributed by atoms with Gasteiger partial charge in [0.05, 0.1) is 19.4 Å². The lowest BCUT2D eigenvalue weighted by Crippen LogP contribution is -2.47. The predicted molar refractivity (Wildman–Crippen MR) is 107 cm³/mol. The van der Waals surface area contributed by atoms with Gasteiger partial charge in [-0.1, -0.05) is 12.1 Å². The Bertz CT molecular complexity index is 768. The molecule has 160 valence electrons. The van der Waals surface area contributed by atoms with Crippen LogP contribution in [0, 0.1) is 5.92 Å². The molecule has 1 aromatic rings. The van der Waals surface area contributed by atoms with E-state index in [9.17, 15) is 24.1 Å². The molecule has 9 heteroatoms. The first kappa shape index (κ1) is 23.3. The largest absolute Gasteiger partial charge is 0.480 e. The average Bonchev–Trinajstić information content (AvgIpc) is 2.66. The van der Waals surface area contributed by atoms with Crippen LogP contribution in [-0.2, 0) is 29.4 Å². The third kappa shape index (κ3) is 6.77. The maximum absolute atomic E-state index is 12.6. The van der Waals surface area contributed by atoms with E-state index in [1.54, 1.807) is 26.0 Å². The summed E-state index contributed by atoms with van der Waals surface area (Å²) in [6.45, 7) is 3.99. The third-order valence-corrected chi connectivity index (χ3v) is 6.84. The van der Waals surface area contributed by atoms with Crippen molar-refractivity contribution in [2.45, 2.75) is 51.7 Å². The molecule has 0 heterocycles. The molecule has 0 unspecified atom stereocenters. The SMILES string of the molecule is CCOP(=O)(Cc1ccc(C(=O)N[C@H](C(=O)O)[C@H]2CCCC(=O)C2)cc1)OCC. The quantitative estimate of drug-likeness (QED) is 0.552. The van der Waals surface area contributed by atoms with Crippen molar-refractivity contribution >= 4 is 25.3 Å². The maximum atomic E-state index is 12.6. The van der Waals surface area contributed by atoms with Gasteiger partial charge in [-0.25, -0.2) is 4.79 Å². The molecule has 2 atom stereocenters. The number of nitrogens with one attached hydrogen (secondary N) is 1. The van der Waals surface area contributed by atoms with Gasteiger partial charge in [-0.2, -0.15) is 0 Å². The minimum absolute atomic E-state index is 0.0270. The summed E-state index contributed by atoms with van der Waals surface area (Å²) in [5.74, 6) is -2.05. The number of aliphatic carboxylic acids is 1. The summed E-state index contributed by atoms with van der Waals surface area (Å²) in [7, 11) is -3.25. The predicted octanol–water partition coefficient (Wildman–Crippen LogP) is 3.40. The fraction of sp³-hybridized carbons (Fsp3) is 0.550. The van der Waals surface area contributed by atoms with Crippen LogP contribution >= 0.6 is 7.60 Å². The molecule has 8 nitrogen and oxygen atoms in total. The van der Waals surface area contributed by atoms with Gasteiger partial charge in [0.1, 0.15) is 11.8 Å². The monoisotopic (exact) mass is 425 g/mol. The summed E-state index contributed by atoms with van der Waals surface area (Å²) in [5.41, 5.74) is 0.962. The molecule has 1 amide bonds. The van der Waals surface area contributed by atoms with Crippen molar-refractivity contribution in [2.24, 2.45) is 5.92 Å². The molecule has 2 rings (SSSR count). The molecule has 29 heavy (non-hydrogen) atoms. The molecule has 0 radical (unpaired) electrons. The summed E-state index contributed by atoms with van der Waals surface area (Å²) in [4.78, 5) is 35.8. The van der Waals surface area contributed by atoms with E-state index < -0.39 is 31.4 Å². The van der Waals surface area contributed by atoms with Gasteiger partial charge in [0, 0.05) is 18.4 Å². The number of amides is 1. The minimum atomic E-state index is -3.25. The molecule has 1 aromatic carbocycles. The first-order chi connectivity index (χ1) is 13.8. The Kier molecular flexibility index (Phi) is 8.56. The van der Waals surface area contributed by atoms with Crippen LogP contribution in [0.15, 0.2) is 24.3 Å². The molecular formula is C20H28NO7P. The van der Waals surface area contributed by atoms with E-state index in [2.05, 4.69) is 5.32 Å².